The molecule has 0 heterocycles. The van der Waals surface area contributed by atoms with Gasteiger partial charge in [-0.25, -0.2) is 0 Å². The lowest BCUT2D eigenvalue weighted by Gasteiger charge is -2.09. The van der Waals surface area contributed by atoms with Crippen molar-refractivity contribution >= 4 is 27.3 Å². The molecule has 2 rings (SSSR count). The molecule has 2 nitrogen and oxygen atoms in total. The molecule has 84 valence electrons. The predicted octanol–water partition coefficient (Wildman–Crippen LogP) is 4.37. The lowest BCUT2D eigenvalue weighted by molar-refractivity contribution is 1.42. The first-order valence-corrected chi connectivity index (χ1v) is 6.01. The second-order valence-electron chi connectivity index (χ2n) is 3.80. The third-order valence-corrected chi connectivity index (χ3v) is 3.08. The van der Waals surface area contributed by atoms with Crippen LogP contribution in [0.15, 0.2) is 46.9 Å². The minimum absolute atomic E-state index is 0.652. The molecular weight excluding hydrogens is 276 g/mol. The fourth-order valence-corrected chi connectivity index (χ4v) is 1.90. The second kappa shape index (κ2) is 5.03. The number of anilines is 2. The van der Waals surface area contributed by atoms with Crippen LogP contribution in [0.1, 0.15) is 11.1 Å². The van der Waals surface area contributed by atoms with Crippen LogP contribution in [0.5, 0.6) is 0 Å². The molecule has 1 N–H and O–H groups in total. The van der Waals surface area contributed by atoms with Crippen LogP contribution in [-0.4, -0.2) is 0 Å². The quantitative estimate of drug-likeness (QED) is 0.890. The zero-order valence-electron chi connectivity index (χ0n) is 9.37. The van der Waals surface area contributed by atoms with Gasteiger partial charge < -0.3 is 5.32 Å². The van der Waals surface area contributed by atoms with Crippen LogP contribution in [0.3, 0.4) is 0 Å². The van der Waals surface area contributed by atoms with Crippen LogP contribution >= 0.6 is 15.9 Å². The van der Waals surface area contributed by atoms with Gasteiger partial charge in [0, 0.05) is 10.2 Å². The Morgan fingerprint density at radius 2 is 2.00 bits per heavy atom. The van der Waals surface area contributed by atoms with E-state index < -0.39 is 0 Å². The Morgan fingerprint density at radius 1 is 1.18 bits per heavy atom. The van der Waals surface area contributed by atoms with Crippen molar-refractivity contribution in [3.05, 3.63) is 58.1 Å². The number of nitrogens with zero attached hydrogens (tertiary/aromatic N) is 1. The smallest absolute Gasteiger partial charge is 0.0992 e. The lowest BCUT2D eigenvalue weighted by atomic mass is 10.2. The summed E-state index contributed by atoms with van der Waals surface area (Å²) in [4.78, 5) is 0. The molecule has 0 saturated carbocycles. The minimum Gasteiger partial charge on any atom is -0.355 e. The highest BCUT2D eigenvalue weighted by Crippen LogP contribution is 2.27. The molecule has 0 aliphatic carbocycles. The fraction of sp³-hybridized carbons (Fsp3) is 0.0714. The summed E-state index contributed by atoms with van der Waals surface area (Å²) in [5, 5.41) is 12.1. The molecule has 0 amide bonds. The topological polar surface area (TPSA) is 35.8 Å². The largest absolute Gasteiger partial charge is 0.355 e. The van der Waals surface area contributed by atoms with E-state index in [0.717, 1.165) is 15.8 Å². The Kier molecular flexibility index (Phi) is 3.46. The van der Waals surface area contributed by atoms with Crippen molar-refractivity contribution < 1.29 is 0 Å². The number of hydrogen-bond acceptors (Lipinski definition) is 2. The van der Waals surface area contributed by atoms with E-state index >= 15 is 0 Å². The van der Waals surface area contributed by atoms with Gasteiger partial charge in [-0.2, -0.15) is 5.26 Å². The highest BCUT2D eigenvalue weighted by molar-refractivity contribution is 9.10. The van der Waals surface area contributed by atoms with E-state index in [1.165, 1.54) is 5.56 Å². The van der Waals surface area contributed by atoms with Gasteiger partial charge in [0.2, 0.25) is 0 Å². The number of halogens is 1. The molecular formula is C14H11BrN2. The molecule has 0 aromatic heterocycles. The van der Waals surface area contributed by atoms with E-state index in [2.05, 4.69) is 33.4 Å². The molecule has 0 fully saturated rings. The summed E-state index contributed by atoms with van der Waals surface area (Å²) in [5.41, 5.74) is 3.75. The lowest BCUT2D eigenvalue weighted by Crippen LogP contribution is -1.92. The first kappa shape index (κ1) is 11.7. The van der Waals surface area contributed by atoms with E-state index in [-0.39, 0.29) is 0 Å². The predicted molar refractivity (Wildman–Crippen MR) is 73.3 cm³/mol. The maximum absolute atomic E-state index is 8.84. The molecule has 0 aliphatic heterocycles. The summed E-state index contributed by atoms with van der Waals surface area (Å²) >= 11 is 3.50. The summed E-state index contributed by atoms with van der Waals surface area (Å²) < 4.78 is 1.01. The van der Waals surface area contributed by atoms with Crippen LogP contribution in [0, 0.1) is 18.3 Å². The summed E-state index contributed by atoms with van der Waals surface area (Å²) in [7, 11) is 0. The molecule has 2 aromatic carbocycles. The fourth-order valence-electron chi connectivity index (χ4n) is 1.56. The van der Waals surface area contributed by atoms with Crippen LogP contribution in [-0.2, 0) is 0 Å². The van der Waals surface area contributed by atoms with Gasteiger partial charge in [-0.1, -0.05) is 12.1 Å². The average Bonchev–Trinajstić information content (AvgIpc) is 2.34. The monoisotopic (exact) mass is 286 g/mol. The maximum atomic E-state index is 8.84. The van der Waals surface area contributed by atoms with E-state index in [1.54, 1.807) is 6.07 Å². The van der Waals surface area contributed by atoms with E-state index in [9.17, 15) is 0 Å². The SMILES string of the molecule is Cc1ccc(Br)c(Nc2cccc(C#N)c2)c1. The summed E-state index contributed by atoms with van der Waals surface area (Å²) in [5.74, 6) is 0. The Balaban J connectivity index is 2.31. The standard InChI is InChI=1S/C14H11BrN2/c1-10-5-6-13(15)14(7-10)17-12-4-2-3-11(8-12)9-16/h2-8,17H,1H3. The average molecular weight is 287 g/mol. The molecule has 0 aliphatic rings. The Hall–Kier alpha value is -1.79. The molecule has 0 saturated heterocycles. The first-order chi connectivity index (χ1) is 8.19. The van der Waals surface area contributed by atoms with Crippen LogP contribution in [0.25, 0.3) is 0 Å². The van der Waals surface area contributed by atoms with E-state index in [4.69, 9.17) is 5.26 Å². The molecule has 2 aromatic rings. The van der Waals surface area contributed by atoms with Crippen LogP contribution < -0.4 is 5.32 Å². The van der Waals surface area contributed by atoms with Gasteiger partial charge >= 0.3 is 0 Å². The van der Waals surface area contributed by atoms with Crippen molar-refractivity contribution in [3.8, 4) is 6.07 Å². The Bertz CT molecular complexity index is 585. The second-order valence-corrected chi connectivity index (χ2v) is 4.66. The molecule has 0 spiro atoms. The van der Waals surface area contributed by atoms with E-state index in [1.807, 2.05) is 37.3 Å². The number of hydrogen-bond donors (Lipinski definition) is 1. The molecule has 0 bridgehead atoms. The molecule has 17 heavy (non-hydrogen) atoms. The van der Waals surface area contributed by atoms with Crippen molar-refractivity contribution in [1.82, 2.24) is 0 Å². The Labute approximate surface area is 109 Å². The third kappa shape index (κ3) is 2.86. The zero-order chi connectivity index (χ0) is 12.3. The number of nitriles is 1. The normalized spacial score (nSPS) is 9.71. The first-order valence-electron chi connectivity index (χ1n) is 5.22. The van der Waals surface area contributed by atoms with Gasteiger partial charge in [0.15, 0.2) is 0 Å². The summed E-state index contributed by atoms with van der Waals surface area (Å²) in [6.45, 7) is 2.04. The van der Waals surface area contributed by atoms with Crippen LogP contribution in [0.2, 0.25) is 0 Å². The van der Waals surface area contributed by atoms with Gasteiger partial charge in [0.25, 0.3) is 0 Å². The van der Waals surface area contributed by atoms with Crippen molar-refractivity contribution in [2.75, 3.05) is 5.32 Å². The highest BCUT2D eigenvalue weighted by Gasteiger charge is 2.01. The molecule has 0 radical (unpaired) electrons. The summed E-state index contributed by atoms with van der Waals surface area (Å²) in [6.07, 6.45) is 0. The number of benzene rings is 2. The number of rotatable bonds is 2. The Morgan fingerprint density at radius 3 is 2.76 bits per heavy atom. The molecule has 0 unspecified atom stereocenters. The van der Waals surface area contributed by atoms with Gasteiger partial charge in [-0.05, 0) is 58.7 Å². The van der Waals surface area contributed by atoms with Crippen LogP contribution in [0.4, 0.5) is 11.4 Å². The maximum Gasteiger partial charge on any atom is 0.0992 e. The van der Waals surface area contributed by atoms with Crippen molar-refractivity contribution in [2.45, 2.75) is 6.92 Å². The molecule has 0 atom stereocenters. The number of aryl methyl sites for hydroxylation is 1. The summed E-state index contributed by atoms with van der Waals surface area (Å²) in [6, 6.07) is 15.7. The van der Waals surface area contributed by atoms with Gasteiger partial charge in [-0.3, -0.25) is 0 Å². The number of nitrogens with one attached hydrogen (secondary N) is 1. The van der Waals surface area contributed by atoms with Crippen molar-refractivity contribution in [1.29, 1.82) is 5.26 Å². The third-order valence-electron chi connectivity index (χ3n) is 2.39. The van der Waals surface area contributed by atoms with Gasteiger partial charge in [0.1, 0.15) is 0 Å². The highest BCUT2D eigenvalue weighted by atomic mass is 79.9. The van der Waals surface area contributed by atoms with Gasteiger partial charge in [-0.15, -0.1) is 0 Å². The van der Waals surface area contributed by atoms with Crippen molar-refractivity contribution in [2.24, 2.45) is 0 Å². The van der Waals surface area contributed by atoms with Gasteiger partial charge in [0.05, 0.1) is 17.3 Å². The van der Waals surface area contributed by atoms with Crippen molar-refractivity contribution in [3.63, 3.8) is 0 Å². The zero-order valence-corrected chi connectivity index (χ0v) is 11.0. The molecule has 3 heteroatoms. The van der Waals surface area contributed by atoms with E-state index in [0.29, 0.717) is 5.56 Å². The minimum atomic E-state index is 0.652.